The Balaban J connectivity index is 2.29. The molecule has 0 heterocycles. The number of fused-ring (bicyclic) bond motifs is 1. The molecule has 0 fully saturated rings. The van der Waals surface area contributed by atoms with Gasteiger partial charge in [0.15, 0.2) is 0 Å². The molecular weight excluding hydrogens is 304 g/mol. The molecule has 2 N–H and O–H groups in total. The maximum absolute atomic E-state index is 12.2. The summed E-state index contributed by atoms with van der Waals surface area (Å²) in [5.41, 5.74) is -0.714. The highest BCUT2D eigenvalue weighted by atomic mass is 16.4. The van der Waals surface area contributed by atoms with Crippen molar-refractivity contribution >= 4 is 22.7 Å². The Morgan fingerprint density at radius 2 is 1.38 bits per heavy atom. The molecule has 0 aliphatic heterocycles. The fourth-order valence-corrected chi connectivity index (χ4v) is 3.10. The lowest BCUT2D eigenvalue weighted by atomic mass is 9.71. The van der Waals surface area contributed by atoms with Crippen LogP contribution in [0.1, 0.15) is 17.5 Å². The molecule has 0 unspecified atom stereocenters. The average Bonchev–Trinajstić information content (AvgIpc) is 2.59. The summed E-state index contributed by atoms with van der Waals surface area (Å²) in [6.45, 7) is 0. The number of carboxylic acid groups (broad SMARTS) is 2. The number of hydrogen-bond acceptors (Lipinski definition) is 2. The van der Waals surface area contributed by atoms with Crippen LogP contribution in [-0.2, 0) is 15.0 Å². The van der Waals surface area contributed by atoms with Crippen LogP contribution in [0.2, 0.25) is 0 Å². The first-order valence-electron chi connectivity index (χ1n) is 7.54. The molecule has 0 bridgehead atoms. The zero-order valence-electron chi connectivity index (χ0n) is 12.8. The molecule has 4 nitrogen and oxygen atoms in total. The van der Waals surface area contributed by atoms with Crippen LogP contribution in [0.15, 0.2) is 72.8 Å². The summed E-state index contributed by atoms with van der Waals surface area (Å²) >= 11 is 0. The normalized spacial score (nSPS) is 13.3. The molecule has 0 aliphatic carbocycles. The Kier molecular flexibility index (Phi) is 4.04. The molecule has 3 aromatic carbocycles. The van der Waals surface area contributed by atoms with Crippen LogP contribution in [0.5, 0.6) is 0 Å². The highest BCUT2D eigenvalue weighted by molar-refractivity contribution is 5.93. The average molecular weight is 320 g/mol. The summed E-state index contributed by atoms with van der Waals surface area (Å²) < 4.78 is 0. The Hall–Kier alpha value is -3.14. The maximum atomic E-state index is 12.2. The van der Waals surface area contributed by atoms with Crippen molar-refractivity contribution in [2.45, 2.75) is 11.8 Å². The molecular formula is C20H16O4. The van der Waals surface area contributed by atoms with E-state index in [4.69, 9.17) is 0 Å². The summed E-state index contributed by atoms with van der Waals surface area (Å²) in [5, 5.41) is 21.2. The molecule has 3 aromatic rings. The van der Waals surface area contributed by atoms with Crippen LogP contribution in [0, 0.1) is 0 Å². The number of hydrogen-bond donors (Lipinski definition) is 2. The SMILES string of the molecule is O=C(O)C[C@](C(=O)O)(c1ccccc1)c1ccc2ccccc2c1. The Morgan fingerprint density at radius 1 is 0.750 bits per heavy atom. The zero-order valence-corrected chi connectivity index (χ0v) is 12.8. The van der Waals surface area contributed by atoms with E-state index < -0.39 is 23.8 Å². The Morgan fingerprint density at radius 3 is 2.00 bits per heavy atom. The van der Waals surface area contributed by atoms with Crippen LogP contribution in [0.4, 0.5) is 0 Å². The van der Waals surface area contributed by atoms with Crippen LogP contribution >= 0.6 is 0 Å². The largest absolute Gasteiger partial charge is 0.481 e. The van der Waals surface area contributed by atoms with E-state index in [9.17, 15) is 19.8 Å². The van der Waals surface area contributed by atoms with Crippen LogP contribution in [-0.4, -0.2) is 22.2 Å². The molecule has 120 valence electrons. The number of carboxylic acids is 2. The van der Waals surface area contributed by atoms with E-state index in [-0.39, 0.29) is 0 Å². The number of carbonyl (C=O) groups is 2. The van der Waals surface area contributed by atoms with E-state index in [0.717, 1.165) is 10.8 Å². The summed E-state index contributed by atoms with van der Waals surface area (Å²) in [7, 11) is 0. The van der Waals surface area contributed by atoms with E-state index in [1.165, 1.54) is 0 Å². The summed E-state index contributed by atoms with van der Waals surface area (Å²) in [6.07, 6.45) is -0.523. The number of rotatable bonds is 5. The lowest BCUT2D eigenvalue weighted by molar-refractivity contribution is -0.148. The minimum atomic E-state index is -1.63. The summed E-state index contributed by atoms with van der Waals surface area (Å²) in [4.78, 5) is 23.7. The molecule has 0 saturated heterocycles. The molecule has 0 spiro atoms. The topological polar surface area (TPSA) is 74.6 Å². The lowest BCUT2D eigenvalue weighted by Gasteiger charge is -2.29. The van der Waals surface area contributed by atoms with E-state index in [1.54, 1.807) is 42.5 Å². The highest BCUT2D eigenvalue weighted by Gasteiger charge is 2.44. The second kappa shape index (κ2) is 6.16. The molecule has 0 amide bonds. The van der Waals surface area contributed by atoms with E-state index >= 15 is 0 Å². The van der Waals surface area contributed by atoms with Gasteiger partial charge in [-0.1, -0.05) is 66.7 Å². The molecule has 0 aliphatic rings. The quantitative estimate of drug-likeness (QED) is 0.752. The van der Waals surface area contributed by atoms with Crippen LogP contribution < -0.4 is 0 Å². The maximum Gasteiger partial charge on any atom is 0.319 e. The molecule has 24 heavy (non-hydrogen) atoms. The Bertz CT molecular complexity index is 902. The molecule has 0 radical (unpaired) electrons. The van der Waals surface area contributed by atoms with Crippen molar-refractivity contribution in [1.29, 1.82) is 0 Å². The summed E-state index contributed by atoms with van der Waals surface area (Å²) in [6, 6.07) is 21.4. The molecule has 0 saturated carbocycles. The van der Waals surface area contributed by atoms with Gasteiger partial charge >= 0.3 is 11.9 Å². The molecule has 1 atom stereocenters. The molecule has 0 aromatic heterocycles. The standard InChI is InChI=1S/C20H16O4/c21-18(22)13-20(19(23)24,16-8-2-1-3-9-16)17-11-10-14-6-4-5-7-15(14)12-17/h1-12H,13H2,(H,21,22)(H,23,24)/t20-/m0/s1. The van der Waals surface area contributed by atoms with Crippen molar-refractivity contribution in [3.05, 3.63) is 83.9 Å². The van der Waals surface area contributed by atoms with Gasteiger partial charge in [0.25, 0.3) is 0 Å². The van der Waals surface area contributed by atoms with Gasteiger partial charge < -0.3 is 10.2 Å². The van der Waals surface area contributed by atoms with Gasteiger partial charge in [-0.15, -0.1) is 0 Å². The first-order chi connectivity index (χ1) is 11.5. The third kappa shape index (κ3) is 2.63. The van der Waals surface area contributed by atoms with Crippen LogP contribution in [0.3, 0.4) is 0 Å². The second-order valence-corrected chi connectivity index (χ2v) is 5.71. The van der Waals surface area contributed by atoms with E-state index in [2.05, 4.69) is 0 Å². The van der Waals surface area contributed by atoms with Gasteiger partial charge in [0, 0.05) is 0 Å². The minimum Gasteiger partial charge on any atom is -0.481 e. The number of aliphatic carboxylic acids is 2. The predicted molar refractivity (Wildman–Crippen MR) is 91.1 cm³/mol. The van der Waals surface area contributed by atoms with Gasteiger partial charge in [0.1, 0.15) is 5.41 Å². The van der Waals surface area contributed by atoms with Gasteiger partial charge in [-0.25, -0.2) is 0 Å². The lowest BCUT2D eigenvalue weighted by Crippen LogP contribution is -2.39. The van der Waals surface area contributed by atoms with Crippen molar-refractivity contribution in [3.63, 3.8) is 0 Å². The number of benzene rings is 3. The second-order valence-electron chi connectivity index (χ2n) is 5.71. The first kappa shape index (κ1) is 15.7. The van der Waals surface area contributed by atoms with E-state index in [1.807, 2.05) is 30.3 Å². The van der Waals surface area contributed by atoms with Crippen molar-refractivity contribution in [2.75, 3.05) is 0 Å². The fraction of sp³-hybridized carbons (Fsp3) is 0.100. The van der Waals surface area contributed by atoms with Crippen molar-refractivity contribution in [3.8, 4) is 0 Å². The van der Waals surface area contributed by atoms with Crippen LogP contribution in [0.25, 0.3) is 10.8 Å². The fourth-order valence-electron chi connectivity index (χ4n) is 3.10. The van der Waals surface area contributed by atoms with Gasteiger partial charge in [0.2, 0.25) is 0 Å². The minimum absolute atomic E-state index is 0.454. The Labute approximate surface area is 139 Å². The highest BCUT2D eigenvalue weighted by Crippen LogP contribution is 2.37. The molecule has 4 heteroatoms. The van der Waals surface area contributed by atoms with Crippen molar-refractivity contribution in [1.82, 2.24) is 0 Å². The predicted octanol–water partition coefficient (Wildman–Crippen LogP) is 3.69. The summed E-state index contributed by atoms with van der Waals surface area (Å²) in [5.74, 6) is -2.33. The van der Waals surface area contributed by atoms with Gasteiger partial charge in [-0.3, -0.25) is 9.59 Å². The van der Waals surface area contributed by atoms with Gasteiger partial charge in [-0.05, 0) is 28.0 Å². The van der Waals surface area contributed by atoms with Gasteiger partial charge in [-0.2, -0.15) is 0 Å². The monoisotopic (exact) mass is 320 g/mol. The van der Waals surface area contributed by atoms with Crippen molar-refractivity contribution < 1.29 is 19.8 Å². The molecule has 3 rings (SSSR count). The smallest absolute Gasteiger partial charge is 0.319 e. The van der Waals surface area contributed by atoms with Crippen molar-refractivity contribution in [2.24, 2.45) is 0 Å². The third-order valence-corrected chi connectivity index (χ3v) is 4.29. The third-order valence-electron chi connectivity index (χ3n) is 4.29. The zero-order chi connectivity index (χ0) is 17.2. The first-order valence-corrected chi connectivity index (χ1v) is 7.54. The van der Waals surface area contributed by atoms with E-state index in [0.29, 0.717) is 11.1 Å². The van der Waals surface area contributed by atoms with Gasteiger partial charge in [0.05, 0.1) is 6.42 Å².